The van der Waals surface area contributed by atoms with Crippen molar-refractivity contribution in [2.45, 2.75) is 33.1 Å². The number of pyridine rings is 1. The third-order valence-electron chi connectivity index (χ3n) is 6.85. The number of aromatic nitrogens is 1. The van der Waals surface area contributed by atoms with E-state index < -0.39 is 5.97 Å². The van der Waals surface area contributed by atoms with Crippen molar-refractivity contribution in [3.8, 4) is 5.75 Å². The van der Waals surface area contributed by atoms with E-state index >= 15 is 0 Å². The lowest BCUT2D eigenvalue weighted by Gasteiger charge is -2.32. The Labute approximate surface area is 218 Å². The van der Waals surface area contributed by atoms with E-state index in [1.54, 1.807) is 25.3 Å². The number of benzene rings is 1. The van der Waals surface area contributed by atoms with Gasteiger partial charge in [-0.3, -0.25) is 4.79 Å². The molecule has 0 spiro atoms. The van der Waals surface area contributed by atoms with E-state index in [1.165, 1.54) is 0 Å². The monoisotopic (exact) mass is 505 g/mol. The van der Waals surface area contributed by atoms with Crippen LogP contribution < -0.4 is 15.0 Å². The molecule has 1 saturated heterocycles. The van der Waals surface area contributed by atoms with Crippen molar-refractivity contribution >= 4 is 23.4 Å². The maximum atomic E-state index is 12.8. The topological polar surface area (TPSA) is 101 Å². The minimum atomic E-state index is -0.928. The van der Waals surface area contributed by atoms with Gasteiger partial charge >= 0.3 is 5.97 Å². The second-order valence-corrected chi connectivity index (χ2v) is 9.70. The average molecular weight is 506 g/mol. The van der Waals surface area contributed by atoms with Gasteiger partial charge in [0.25, 0.3) is 0 Å². The molecule has 0 saturated carbocycles. The van der Waals surface area contributed by atoms with Crippen molar-refractivity contribution in [3.63, 3.8) is 0 Å². The Balaban J connectivity index is 1.20. The van der Waals surface area contributed by atoms with Crippen LogP contribution in [0.5, 0.6) is 5.75 Å². The van der Waals surface area contributed by atoms with Crippen LogP contribution in [0.4, 0.5) is 11.5 Å². The highest BCUT2D eigenvalue weighted by Crippen LogP contribution is 2.28. The molecule has 1 unspecified atom stereocenters. The SMILES string of the molecule is C/C=C(\C=C(/C)COCC1CCN(c2ccc(NC(=O)C3COc4ccccc4C3)cn2)CC1)C(=O)O. The number of piperidine rings is 1. The summed E-state index contributed by atoms with van der Waals surface area (Å²) in [6.45, 7) is 6.84. The van der Waals surface area contributed by atoms with Gasteiger partial charge in [0.1, 0.15) is 18.2 Å². The molecule has 1 aromatic carbocycles. The number of fused-ring (bicyclic) bond motifs is 1. The number of nitrogens with zero attached hydrogens (tertiary/aromatic N) is 2. The second kappa shape index (κ2) is 12.5. The van der Waals surface area contributed by atoms with Gasteiger partial charge in [-0.1, -0.05) is 24.3 Å². The summed E-state index contributed by atoms with van der Waals surface area (Å²) in [5.41, 5.74) is 2.92. The van der Waals surface area contributed by atoms with Gasteiger partial charge in [0.15, 0.2) is 0 Å². The lowest BCUT2D eigenvalue weighted by Crippen LogP contribution is -2.35. The van der Waals surface area contributed by atoms with Gasteiger partial charge in [-0.25, -0.2) is 9.78 Å². The number of aliphatic carboxylic acids is 1. The van der Waals surface area contributed by atoms with E-state index in [4.69, 9.17) is 14.6 Å². The van der Waals surface area contributed by atoms with Crippen molar-refractivity contribution in [2.24, 2.45) is 11.8 Å². The first-order chi connectivity index (χ1) is 17.9. The number of hydrogen-bond donors (Lipinski definition) is 2. The number of nitrogens with one attached hydrogen (secondary N) is 1. The summed E-state index contributed by atoms with van der Waals surface area (Å²) in [6, 6.07) is 11.7. The maximum Gasteiger partial charge on any atom is 0.335 e. The number of carbonyl (C=O) groups is 2. The number of rotatable bonds is 9. The predicted octanol–water partition coefficient (Wildman–Crippen LogP) is 4.48. The number of allylic oxidation sites excluding steroid dienone is 1. The largest absolute Gasteiger partial charge is 0.492 e. The molecule has 0 aliphatic carbocycles. The van der Waals surface area contributed by atoms with Crippen LogP contribution in [0.2, 0.25) is 0 Å². The van der Waals surface area contributed by atoms with Crippen molar-refractivity contribution in [1.29, 1.82) is 0 Å². The van der Waals surface area contributed by atoms with Crippen LogP contribution in [-0.2, 0) is 20.7 Å². The molecule has 196 valence electrons. The molecular formula is C29H35N3O5. The number of amides is 1. The Morgan fingerprint density at radius 3 is 2.70 bits per heavy atom. The smallest absolute Gasteiger partial charge is 0.335 e. The second-order valence-electron chi connectivity index (χ2n) is 9.70. The van der Waals surface area contributed by atoms with Crippen molar-refractivity contribution in [2.75, 3.05) is 43.1 Å². The summed E-state index contributed by atoms with van der Waals surface area (Å²) in [7, 11) is 0. The molecule has 3 heterocycles. The summed E-state index contributed by atoms with van der Waals surface area (Å²) in [4.78, 5) is 30.7. The Kier molecular flexibility index (Phi) is 8.95. The third-order valence-corrected chi connectivity index (χ3v) is 6.85. The molecule has 2 aromatic rings. The molecule has 8 heteroatoms. The molecular weight excluding hydrogens is 470 g/mol. The lowest BCUT2D eigenvalue weighted by molar-refractivity contribution is -0.132. The van der Waals surface area contributed by atoms with E-state index in [0.717, 1.165) is 48.6 Å². The lowest BCUT2D eigenvalue weighted by atomic mass is 9.96. The fourth-order valence-corrected chi connectivity index (χ4v) is 4.68. The average Bonchev–Trinajstić information content (AvgIpc) is 2.92. The van der Waals surface area contributed by atoms with Crippen LogP contribution in [0.1, 0.15) is 32.3 Å². The van der Waals surface area contributed by atoms with Crippen LogP contribution in [0.25, 0.3) is 0 Å². The molecule has 0 radical (unpaired) electrons. The molecule has 2 aliphatic rings. The molecule has 1 atom stereocenters. The highest BCUT2D eigenvalue weighted by molar-refractivity contribution is 5.93. The Bertz CT molecular complexity index is 1150. The summed E-state index contributed by atoms with van der Waals surface area (Å²) in [5, 5.41) is 12.1. The predicted molar refractivity (Wildman–Crippen MR) is 143 cm³/mol. The maximum absolute atomic E-state index is 12.8. The van der Waals surface area contributed by atoms with Crippen LogP contribution >= 0.6 is 0 Å². The molecule has 1 amide bonds. The fraction of sp³-hybridized carbons (Fsp3) is 0.414. The number of ether oxygens (including phenoxy) is 2. The van der Waals surface area contributed by atoms with Crippen LogP contribution in [0.3, 0.4) is 0 Å². The zero-order valence-electron chi connectivity index (χ0n) is 21.5. The number of carboxylic acid groups (broad SMARTS) is 1. The number of para-hydroxylation sites is 1. The van der Waals surface area contributed by atoms with Crippen LogP contribution in [0, 0.1) is 11.8 Å². The van der Waals surface area contributed by atoms with Crippen molar-refractivity contribution in [3.05, 3.63) is 71.5 Å². The molecule has 37 heavy (non-hydrogen) atoms. The third kappa shape index (κ3) is 7.20. The highest BCUT2D eigenvalue weighted by atomic mass is 16.5. The highest BCUT2D eigenvalue weighted by Gasteiger charge is 2.26. The Morgan fingerprint density at radius 2 is 2.00 bits per heavy atom. The quantitative estimate of drug-likeness (QED) is 0.383. The van der Waals surface area contributed by atoms with Gasteiger partial charge in [0, 0.05) is 19.7 Å². The Morgan fingerprint density at radius 1 is 1.22 bits per heavy atom. The first kappa shape index (κ1) is 26.4. The molecule has 2 N–H and O–H groups in total. The van der Waals surface area contributed by atoms with E-state index in [1.807, 2.05) is 43.3 Å². The summed E-state index contributed by atoms with van der Waals surface area (Å²) >= 11 is 0. The molecule has 0 bridgehead atoms. The molecule has 2 aliphatic heterocycles. The van der Waals surface area contributed by atoms with E-state index in [2.05, 4.69) is 15.2 Å². The minimum Gasteiger partial charge on any atom is -0.492 e. The van der Waals surface area contributed by atoms with E-state index in [9.17, 15) is 9.59 Å². The van der Waals surface area contributed by atoms with Crippen LogP contribution in [-0.4, -0.2) is 54.9 Å². The molecule has 1 fully saturated rings. The first-order valence-electron chi connectivity index (χ1n) is 12.8. The summed E-state index contributed by atoms with van der Waals surface area (Å²) in [5.74, 6) is 1.02. The van der Waals surface area contributed by atoms with E-state index in [-0.39, 0.29) is 17.4 Å². The molecule has 1 aromatic heterocycles. The fourth-order valence-electron chi connectivity index (χ4n) is 4.68. The standard InChI is InChI=1S/C29H35N3O5/c1-3-22(29(34)35)14-20(2)17-36-18-21-10-12-32(13-11-21)27-9-8-25(16-30-27)31-28(33)24-15-23-6-4-5-7-26(23)37-19-24/h3-9,14,16,21,24H,10-13,15,17-19H2,1-2H3,(H,31,33)(H,34,35)/b20-14+,22-3+. The number of carbonyl (C=O) groups excluding carboxylic acids is 1. The van der Waals surface area contributed by atoms with Crippen molar-refractivity contribution < 1.29 is 24.2 Å². The summed E-state index contributed by atoms with van der Waals surface area (Å²) < 4.78 is 11.6. The van der Waals surface area contributed by atoms with Crippen molar-refractivity contribution in [1.82, 2.24) is 4.98 Å². The van der Waals surface area contributed by atoms with Gasteiger partial charge in [-0.15, -0.1) is 0 Å². The normalized spacial score (nSPS) is 18.6. The summed E-state index contributed by atoms with van der Waals surface area (Å²) in [6.07, 6.45) is 7.63. The van der Waals surface area contributed by atoms with Gasteiger partial charge in [-0.2, -0.15) is 0 Å². The van der Waals surface area contributed by atoms with Gasteiger partial charge in [0.2, 0.25) is 5.91 Å². The van der Waals surface area contributed by atoms with Gasteiger partial charge in [-0.05, 0) is 74.4 Å². The van der Waals surface area contributed by atoms with Gasteiger partial charge in [0.05, 0.1) is 30.0 Å². The number of hydrogen-bond acceptors (Lipinski definition) is 6. The molecule has 4 rings (SSSR count). The molecule has 8 nitrogen and oxygen atoms in total. The Hall–Kier alpha value is -3.65. The zero-order valence-corrected chi connectivity index (χ0v) is 21.5. The minimum absolute atomic E-state index is 0.0557. The van der Waals surface area contributed by atoms with E-state index in [0.29, 0.717) is 37.8 Å². The number of carboxylic acids is 1. The first-order valence-corrected chi connectivity index (χ1v) is 12.8. The zero-order chi connectivity index (χ0) is 26.2. The van der Waals surface area contributed by atoms with Crippen LogP contribution in [0.15, 0.2) is 65.9 Å². The number of anilines is 2. The van der Waals surface area contributed by atoms with Gasteiger partial charge < -0.3 is 24.8 Å².